The van der Waals surface area contributed by atoms with Crippen molar-refractivity contribution in [2.45, 2.75) is 5.38 Å². The Labute approximate surface area is 102 Å². The highest BCUT2D eigenvalue weighted by molar-refractivity contribution is 6.47. The number of hydrogen-bond acceptors (Lipinski definition) is 4. The second-order valence-electron chi connectivity index (χ2n) is 3.11. The van der Waals surface area contributed by atoms with Gasteiger partial charge in [0.25, 0.3) is 5.78 Å². The molecule has 1 aromatic rings. The average Bonchev–Trinajstić information content (AvgIpc) is 2.36. The summed E-state index contributed by atoms with van der Waals surface area (Å²) in [5.41, 5.74) is 0.264. The van der Waals surface area contributed by atoms with Gasteiger partial charge in [-0.15, -0.1) is 11.6 Å². The molecule has 1 rings (SSSR count). The summed E-state index contributed by atoms with van der Waals surface area (Å²) in [5.74, 6) is -2.59. The lowest BCUT2D eigenvalue weighted by atomic mass is 10.1. The number of benzene rings is 1. The van der Waals surface area contributed by atoms with E-state index in [4.69, 9.17) is 16.3 Å². The van der Waals surface area contributed by atoms with Crippen LogP contribution in [0, 0.1) is 5.82 Å². The van der Waals surface area contributed by atoms with Crippen molar-refractivity contribution in [1.29, 1.82) is 0 Å². The molecule has 0 radical (unpaired) electrons. The van der Waals surface area contributed by atoms with Gasteiger partial charge in [-0.1, -0.05) is 6.07 Å². The number of Topliss-reactive ketones (excluding diaryl/α,β-unsaturated/α-hetero) is 1. The molecule has 0 amide bonds. The zero-order chi connectivity index (χ0) is 13.0. The van der Waals surface area contributed by atoms with Crippen molar-refractivity contribution in [3.05, 3.63) is 29.6 Å². The van der Waals surface area contributed by atoms with E-state index in [1.165, 1.54) is 19.2 Å². The molecular weight excluding hydrogens is 251 g/mol. The minimum atomic E-state index is -1.23. The topological polar surface area (TPSA) is 52.6 Å². The van der Waals surface area contributed by atoms with Crippen LogP contribution in [0.5, 0.6) is 5.75 Å². The molecule has 0 heterocycles. The molecule has 0 saturated heterocycles. The first-order valence-electron chi connectivity index (χ1n) is 4.61. The van der Waals surface area contributed by atoms with Gasteiger partial charge in [-0.25, -0.2) is 9.18 Å². The average molecular weight is 261 g/mol. The van der Waals surface area contributed by atoms with E-state index < -0.39 is 22.9 Å². The van der Waals surface area contributed by atoms with Gasteiger partial charge in [0.15, 0.2) is 11.6 Å². The van der Waals surface area contributed by atoms with Crippen molar-refractivity contribution in [3.8, 4) is 5.75 Å². The maximum Gasteiger partial charge on any atom is 0.376 e. The van der Waals surface area contributed by atoms with Crippen LogP contribution in [0.25, 0.3) is 0 Å². The lowest BCUT2D eigenvalue weighted by molar-refractivity contribution is -0.151. The van der Waals surface area contributed by atoms with E-state index in [1.807, 2.05) is 0 Å². The number of halogens is 2. The number of rotatable bonds is 4. The van der Waals surface area contributed by atoms with Gasteiger partial charge in [-0.2, -0.15) is 0 Å². The Hall–Kier alpha value is -1.62. The van der Waals surface area contributed by atoms with E-state index in [0.29, 0.717) is 0 Å². The molecule has 0 aliphatic rings. The fraction of sp³-hybridized carbons (Fsp3) is 0.273. The molecule has 92 valence electrons. The number of hydrogen-bond donors (Lipinski definition) is 0. The standard InChI is InChI=1S/C11H10ClFO4/c1-16-8-5-6(3-4-7(8)13)9(12)10(14)11(15)17-2/h3-5,9H,1-2H3/t9-/m1/s1. The fourth-order valence-electron chi connectivity index (χ4n) is 1.19. The third-order valence-electron chi connectivity index (χ3n) is 2.08. The number of carbonyl (C=O) groups excluding carboxylic acids is 2. The fourth-order valence-corrected chi connectivity index (χ4v) is 1.41. The van der Waals surface area contributed by atoms with E-state index in [-0.39, 0.29) is 11.3 Å². The Kier molecular flexibility index (Phi) is 4.45. The van der Waals surface area contributed by atoms with E-state index >= 15 is 0 Å². The maximum atomic E-state index is 13.1. The molecule has 1 atom stereocenters. The van der Waals surface area contributed by atoms with Crippen LogP contribution in [0.4, 0.5) is 4.39 Å². The highest BCUT2D eigenvalue weighted by Gasteiger charge is 2.26. The van der Waals surface area contributed by atoms with Gasteiger partial charge in [-0.05, 0) is 17.7 Å². The summed E-state index contributed by atoms with van der Waals surface area (Å²) < 4.78 is 22.1. The molecule has 0 bridgehead atoms. The van der Waals surface area contributed by atoms with Crippen molar-refractivity contribution in [2.24, 2.45) is 0 Å². The molecule has 0 aliphatic heterocycles. The quantitative estimate of drug-likeness (QED) is 0.471. The van der Waals surface area contributed by atoms with E-state index in [2.05, 4.69) is 4.74 Å². The molecule has 0 saturated carbocycles. The van der Waals surface area contributed by atoms with Gasteiger partial charge in [0, 0.05) is 0 Å². The molecule has 0 fully saturated rings. The highest BCUT2D eigenvalue weighted by Crippen LogP contribution is 2.27. The Bertz CT molecular complexity index is 447. The van der Waals surface area contributed by atoms with Crippen LogP contribution in [0.3, 0.4) is 0 Å². The molecule has 4 nitrogen and oxygen atoms in total. The zero-order valence-electron chi connectivity index (χ0n) is 9.20. The largest absolute Gasteiger partial charge is 0.494 e. The van der Waals surface area contributed by atoms with Crippen LogP contribution in [-0.4, -0.2) is 26.0 Å². The Morgan fingerprint density at radius 2 is 2.00 bits per heavy atom. The van der Waals surface area contributed by atoms with Gasteiger partial charge in [0.2, 0.25) is 0 Å². The number of carbonyl (C=O) groups is 2. The number of ether oxygens (including phenoxy) is 2. The second-order valence-corrected chi connectivity index (χ2v) is 3.55. The zero-order valence-corrected chi connectivity index (χ0v) is 9.95. The Morgan fingerprint density at radius 1 is 1.35 bits per heavy atom. The Morgan fingerprint density at radius 3 is 2.53 bits per heavy atom. The molecule has 0 N–H and O–H groups in total. The molecule has 1 aromatic carbocycles. The SMILES string of the molecule is COC(=O)C(=O)[C@H](Cl)c1ccc(F)c(OC)c1. The van der Waals surface area contributed by atoms with Crippen molar-refractivity contribution in [3.63, 3.8) is 0 Å². The van der Waals surface area contributed by atoms with Crippen LogP contribution < -0.4 is 4.74 Å². The second kappa shape index (κ2) is 5.63. The molecule has 17 heavy (non-hydrogen) atoms. The van der Waals surface area contributed by atoms with Gasteiger partial charge >= 0.3 is 5.97 Å². The maximum absolute atomic E-state index is 13.1. The summed E-state index contributed by atoms with van der Waals surface area (Å²) in [7, 11) is 2.36. The van der Waals surface area contributed by atoms with Crippen molar-refractivity contribution >= 4 is 23.4 Å². The van der Waals surface area contributed by atoms with Gasteiger partial charge in [0.1, 0.15) is 5.38 Å². The highest BCUT2D eigenvalue weighted by atomic mass is 35.5. The summed E-state index contributed by atoms with van der Waals surface area (Å²) in [6.45, 7) is 0. The lowest BCUT2D eigenvalue weighted by Crippen LogP contribution is -2.20. The monoisotopic (exact) mass is 260 g/mol. The van der Waals surface area contributed by atoms with Crippen molar-refractivity contribution < 1.29 is 23.5 Å². The molecule has 0 aromatic heterocycles. The molecule has 0 aliphatic carbocycles. The molecular formula is C11H10ClFO4. The third kappa shape index (κ3) is 2.94. The minimum Gasteiger partial charge on any atom is -0.494 e. The molecule has 6 heteroatoms. The number of methoxy groups -OCH3 is 2. The Balaban J connectivity index is 3.00. The first-order valence-corrected chi connectivity index (χ1v) is 5.04. The van der Waals surface area contributed by atoms with Crippen molar-refractivity contribution in [1.82, 2.24) is 0 Å². The van der Waals surface area contributed by atoms with Crippen LogP contribution in [0.15, 0.2) is 18.2 Å². The van der Waals surface area contributed by atoms with Crippen LogP contribution in [-0.2, 0) is 14.3 Å². The van der Waals surface area contributed by atoms with Gasteiger partial charge < -0.3 is 9.47 Å². The number of ketones is 1. The molecule has 0 unspecified atom stereocenters. The van der Waals surface area contributed by atoms with Crippen LogP contribution in [0.1, 0.15) is 10.9 Å². The lowest BCUT2D eigenvalue weighted by Gasteiger charge is -2.09. The van der Waals surface area contributed by atoms with E-state index in [9.17, 15) is 14.0 Å². The summed E-state index contributed by atoms with van der Waals surface area (Å²) in [6, 6.07) is 3.66. The van der Waals surface area contributed by atoms with E-state index in [0.717, 1.165) is 13.2 Å². The van der Waals surface area contributed by atoms with Crippen LogP contribution in [0.2, 0.25) is 0 Å². The molecule has 0 spiro atoms. The van der Waals surface area contributed by atoms with E-state index in [1.54, 1.807) is 0 Å². The summed E-state index contributed by atoms with van der Waals surface area (Å²) in [4.78, 5) is 22.4. The summed E-state index contributed by atoms with van der Waals surface area (Å²) >= 11 is 5.78. The number of alkyl halides is 1. The van der Waals surface area contributed by atoms with Gasteiger partial charge in [0.05, 0.1) is 14.2 Å². The summed E-state index contributed by atoms with van der Waals surface area (Å²) in [6.07, 6.45) is 0. The van der Waals surface area contributed by atoms with Gasteiger partial charge in [-0.3, -0.25) is 4.79 Å². The normalized spacial score (nSPS) is 11.8. The minimum absolute atomic E-state index is 0.0502. The number of esters is 1. The first-order chi connectivity index (χ1) is 8.01. The smallest absolute Gasteiger partial charge is 0.376 e. The van der Waals surface area contributed by atoms with Crippen LogP contribution >= 0.6 is 11.6 Å². The predicted molar refractivity (Wildman–Crippen MR) is 58.6 cm³/mol. The third-order valence-corrected chi connectivity index (χ3v) is 2.53. The van der Waals surface area contributed by atoms with Crippen molar-refractivity contribution in [2.75, 3.05) is 14.2 Å². The summed E-state index contributed by atoms with van der Waals surface area (Å²) in [5, 5.41) is -1.23. The first kappa shape index (κ1) is 13.4. The predicted octanol–water partition coefficient (Wildman–Crippen LogP) is 1.86.